The molecule has 0 aromatic heterocycles. The number of benzene rings is 2. The van der Waals surface area contributed by atoms with E-state index in [2.05, 4.69) is 10.2 Å². The van der Waals surface area contributed by atoms with E-state index in [1.54, 1.807) is 43.3 Å². The molecule has 1 fully saturated rings. The molecule has 0 spiro atoms. The number of methoxy groups -OCH3 is 1. The summed E-state index contributed by atoms with van der Waals surface area (Å²) in [5, 5.41) is 3.63. The Morgan fingerprint density at radius 3 is 2.43 bits per heavy atom. The van der Waals surface area contributed by atoms with Gasteiger partial charge in [0.2, 0.25) is 11.8 Å². The molecule has 1 heterocycles. The minimum Gasteiger partial charge on any atom is -0.382 e. The maximum Gasteiger partial charge on any atom is 0.240 e. The Kier molecular flexibility index (Phi) is 9.89. The van der Waals surface area contributed by atoms with Gasteiger partial charge in [-0.25, -0.2) is 4.39 Å². The summed E-state index contributed by atoms with van der Waals surface area (Å²) >= 11 is 12.2. The van der Waals surface area contributed by atoms with Crippen molar-refractivity contribution >= 4 is 35.0 Å². The van der Waals surface area contributed by atoms with Crippen molar-refractivity contribution in [3.8, 4) is 0 Å². The van der Waals surface area contributed by atoms with Crippen LogP contribution in [0.4, 0.5) is 4.39 Å². The number of nitrogens with one attached hydrogen (secondary N) is 1. The fourth-order valence-electron chi connectivity index (χ4n) is 4.41. The van der Waals surface area contributed by atoms with Crippen molar-refractivity contribution in [2.45, 2.75) is 31.0 Å². The van der Waals surface area contributed by atoms with E-state index in [1.165, 1.54) is 12.1 Å². The van der Waals surface area contributed by atoms with Crippen molar-refractivity contribution in [2.75, 3.05) is 40.4 Å². The average molecular weight is 525 g/mol. The van der Waals surface area contributed by atoms with Gasteiger partial charge in [-0.1, -0.05) is 41.4 Å². The lowest BCUT2D eigenvalue weighted by atomic mass is 10.00. The second kappa shape index (κ2) is 12.6. The third-order valence-electron chi connectivity index (χ3n) is 6.25. The zero-order chi connectivity index (χ0) is 25.5. The molecule has 190 valence electrons. The topological polar surface area (TPSA) is 87.9 Å². The molecule has 0 bridgehead atoms. The van der Waals surface area contributed by atoms with Crippen LogP contribution in [0.5, 0.6) is 0 Å². The minimum absolute atomic E-state index is 0.125. The first-order chi connectivity index (χ1) is 16.7. The first kappa shape index (κ1) is 27.4. The van der Waals surface area contributed by atoms with E-state index in [0.29, 0.717) is 49.1 Å². The summed E-state index contributed by atoms with van der Waals surface area (Å²) in [5.41, 5.74) is 7.92. The highest BCUT2D eigenvalue weighted by molar-refractivity contribution is 6.42. The van der Waals surface area contributed by atoms with Gasteiger partial charge in [-0.2, -0.15) is 0 Å². The normalized spacial score (nSPS) is 18.2. The van der Waals surface area contributed by atoms with Gasteiger partial charge in [-0.15, -0.1) is 0 Å². The van der Waals surface area contributed by atoms with Crippen LogP contribution in [0.25, 0.3) is 0 Å². The standard InChI is InChI=1S/C25H31Cl2FN4O3/c1-30-24(33)23(13-17-5-8-20(26)21(27)11-17)31-9-10-32(19(14-31)15-35-2)25(34)22(29)12-16-3-6-18(28)7-4-16/h3-8,11,19,22-23H,9-10,12-15,29H2,1-2H3,(H,30,33). The molecule has 3 rings (SSSR count). The Morgan fingerprint density at radius 1 is 1.11 bits per heavy atom. The van der Waals surface area contributed by atoms with Crippen molar-refractivity contribution < 1.29 is 18.7 Å². The lowest BCUT2D eigenvalue weighted by Crippen LogP contribution is -2.63. The van der Waals surface area contributed by atoms with Gasteiger partial charge in [-0.3, -0.25) is 14.5 Å². The Labute approximate surface area is 215 Å². The molecule has 0 saturated carbocycles. The summed E-state index contributed by atoms with van der Waals surface area (Å²) in [6.07, 6.45) is 0.742. The number of amides is 2. The van der Waals surface area contributed by atoms with Gasteiger partial charge in [0.25, 0.3) is 0 Å². The van der Waals surface area contributed by atoms with Crippen LogP contribution in [-0.2, 0) is 27.2 Å². The lowest BCUT2D eigenvalue weighted by molar-refractivity contribution is -0.141. The van der Waals surface area contributed by atoms with Gasteiger partial charge >= 0.3 is 0 Å². The molecule has 7 nitrogen and oxygen atoms in total. The minimum atomic E-state index is -0.766. The maximum absolute atomic E-state index is 13.2. The lowest BCUT2D eigenvalue weighted by Gasteiger charge is -2.44. The van der Waals surface area contributed by atoms with Gasteiger partial charge in [0.15, 0.2) is 0 Å². The van der Waals surface area contributed by atoms with E-state index in [-0.39, 0.29) is 23.7 Å². The molecule has 2 aromatic rings. The van der Waals surface area contributed by atoms with Crippen LogP contribution in [0, 0.1) is 5.82 Å². The molecule has 1 saturated heterocycles. The predicted molar refractivity (Wildman–Crippen MR) is 135 cm³/mol. The highest BCUT2D eigenvalue weighted by atomic mass is 35.5. The van der Waals surface area contributed by atoms with E-state index < -0.39 is 12.1 Å². The molecule has 0 radical (unpaired) electrons. The van der Waals surface area contributed by atoms with Crippen LogP contribution in [0.2, 0.25) is 10.0 Å². The van der Waals surface area contributed by atoms with Gasteiger partial charge < -0.3 is 20.7 Å². The van der Waals surface area contributed by atoms with Crippen LogP contribution in [0.3, 0.4) is 0 Å². The van der Waals surface area contributed by atoms with Crippen LogP contribution >= 0.6 is 23.2 Å². The summed E-state index contributed by atoms with van der Waals surface area (Å²) in [5.74, 6) is -0.659. The predicted octanol–water partition coefficient (Wildman–Crippen LogP) is 2.52. The summed E-state index contributed by atoms with van der Waals surface area (Å²) in [6, 6.07) is 9.80. The molecule has 35 heavy (non-hydrogen) atoms. The summed E-state index contributed by atoms with van der Waals surface area (Å²) in [6.45, 7) is 1.65. The summed E-state index contributed by atoms with van der Waals surface area (Å²) < 4.78 is 18.6. The van der Waals surface area contributed by atoms with Crippen molar-refractivity contribution in [1.82, 2.24) is 15.1 Å². The van der Waals surface area contributed by atoms with E-state index in [4.69, 9.17) is 33.7 Å². The summed E-state index contributed by atoms with van der Waals surface area (Å²) in [7, 11) is 3.18. The van der Waals surface area contributed by atoms with Gasteiger partial charge in [0.05, 0.1) is 34.8 Å². The van der Waals surface area contributed by atoms with Crippen molar-refractivity contribution in [3.05, 3.63) is 69.5 Å². The fourth-order valence-corrected chi connectivity index (χ4v) is 4.73. The van der Waals surface area contributed by atoms with E-state index in [9.17, 15) is 14.0 Å². The monoisotopic (exact) mass is 524 g/mol. The highest BCUT2D eigenvalue weighted by Crippen LogP contribution is 2.25. The quantitative estimate of drug-likeness (QED) is 0.526. The number of likely N-dealkylation sites (N-methyl/N-ethyl adjacent to an activating group) is 1. The number of hydrogen-bond acceptors (Lipinski definition) is 5. The van der Waals surface area contributed by atoms with Crippen LogP contribution in [-0.4, -0.2) is 80.1 Å². The maximum atomic E-state index is 13.2. The number of nitrogens with zero attached hydrogens (tertiary/aromatic N) is 2. The largest absolute Gasteiger partial charge is 0.382 e. The molecule has 10 heteroatoms. The highest BCUT2D eigenvalue weighted by Gasteiger charge is 2.37. The van der Waals surface area contributed by atoms with Crippen LogP contribution in [0.15, 0.2) is 42.5 Å². The Morgan fingerprint density at radius 2 is 1.80 bits per heavy atom. The number of halogens is 3. The SMILES string of the molecule is CNC(=O)C(Cc1ccc(Cl)c(Cl)c1)N1CCN(C(=O)C(N)Cc2ccc(F)cc2)C(COC)C1. The molecule has 2 aromatic carbocycles. The molecule has 1 aliphatic rings. The molecule has 3 unspecified atom stereocenters. The Balaban J connectivity index is 1.72. The third kappa shape index (κ3) is 7.15. The average Bonchev–Trinajstić information content (AvgIpc) is 2.85. The van der Waals surface area contributed by atoms with E-state index in [1.807, 2.05) is 6.07 Å². The van der Waals surface area contributed by atoms with Crippen molar-refractivity contribution in [3.63, 3.8) is 0 Å². The molecule has 0 aliphatic carbocycles. The number of hydrogen-bond donors (Lipinski definition) is 2. The van der Waals surface area contributed by atoms with Gasteiger partial charge in [-0.05, 0) is 48.2 Å². The third-order valence-corrected chi connectivity index (χ3v) is 6.98. The second-order valence-corrected chi connectivity index (χ2v) is 9.47. The van der Waals surface area contributed by atoms with Gasteiger partial charge in [0, 0.05) is 33.8 Å². The Bertz CT molecular complexity index is 1020. The number of rotatable bonds is 9. The first-order valence-electron chi connectivity index (χ1n) is 11.4. The molecule has 3 N–H and O–H groups in total. The van der Waals surface area contributed by atoms with Crippen molar-refractivity contribution in [1.29, 1.82) is 0 Å². The molecule has 2 amide bonds. The molecule has 3 atom stereocenters. The number of carbonyl (C=O) groups is 2. The van der Waals surface area contributed by atoms with Crippen LogP contribution < -0.4 is 11.1 Å². The number of nitrogens with two attached hydrogens (primary N) is 1. The fraction of sp³-hybridized carbons (Fsp3) is 0.440. The number of carbonyl (C=O) groups excluding carboxylic acids is 2. The zero-order valence-corrected chi connectivity index (χ0v) is 21.4. The van der Waals surface area contributed by atoms with Gasteiger partial charge in [0.1, 0.15) is 5.82 Å². The summed E-state index contributed by atoms with van der Waals surface area (Å²) in [4.78, 5) is 29.8. The Hall–Kier alpha value is -2.23. The number of ether oxygens (including phenoxy) is 1. The second-order valence-electron chi connectivity index (χ2n) is 8.66. The molecule has 1 aliphatic heterocycles. The molecular weight excluding hydrogens is 494 g/mol. The van der Waals surface area contributed by atoms with E-state index in [0.717, 1.165) is 11.1 Å². The smallest absolute Gasteiger partial charge is 0.240 e. The number of piperazine rings is 1. The zero-order valence-electron chi connectivity index (χ0n) is 19.8. The van der Waals surface area contributed by atoms with Crippen LogP contribution in [0.1, 0.15) is 11.1 Å². The molecular formula is C25H31Cl2FN4O3. The van der Waals surface area contributed by atoms with E-state index >= 15 is 0 Å². The van der Waals surface area contributed by atoms with Crippen molar-refractivity contribution in [2.24, 2.45) is 5.73 Å². The first-order valence-corrected chi connectivity index (χ1v) is 12.2.